The Morgan fingerprint density at radius 2 is 2.00 bits per heavy atom. The summed E-state index contributed by atoms with van der Waals surface area (Å²) < 4.78 is 15.8. The zero-order chi connectivity index (χ0) is 22.8. The Bertz CT molecular complexity index is 1240. The number of benzene rings is 2. The molecular weight excluding hydrogens is 429 g/mol. The minimum Gasteiger partial charge on any atom is -0.358 e. The van der Waals surface area contributed by atoms with E-state index in [9.17, 15) is 9.18 Å². The van der Waals surface area contributed by atoms with Gasteiger partial charge >= 0.3 is 0 Å². The minimum absolute atomic E-state index is 0.0159. The summed E-state index contributed by atoms with van der Waals surface area (Å²) in [5.41, 5.74) is 7.28. The number of nitrogens with two attached hydrogens (primary N) is 1. The van der Waals surface area contributed by atoms with Gasteiger partial charge in [0.15, 0.2) is 5.82 Å². The van der Waals surface area contributed by atoms with E-state index in [-0.39, 0.29) is 16.5 Å². The van der Waals surface area contributed by atoms with Gasteiger partial charge in [-0.2, -0.15) is 0 Å². The minimum atomic E-state index is -0.671. The SMILES string of the molecule is [C-]#[N+]c1ccc(-c2nc(N(C)CCCN)c(Cl)c(=O)n2-c2ccc(C3CC3)cc2)cc1F. The van der Waals surface area contributed by atoms with Gasteiger partial charge in [0.05, 0.1) is 12.3 Å². The number of rotatable bonds is 7. The summed E-state index contributed by atoms with van der Waals surface area (Å²) in [5.74, 6) is 0.468. The van der Waals surface area contributed by atoms with Crippen molar-refractivity contribution in [1.29, 1.82) is 0 Å². The van der Waals surface area contributed by atoms with Crippen molar-refractivity contribution in [1.82, 2.24) is 9.55 Å². The Balaban J connectivity index is 1.91. The van der Waals surface area contributed by atoms with E-state index in [1.54, 1.807) is 18.0 Å². The fourth-order valence-electron chi connectivity index (χ4n) is 3.66. The van der Waals surface area contributed by atoms with Gasteiger partial charge in [-0.3, -0.25) is 9.36 Å². The summed E-state index contributed by atoms with van der Waals surface area (Å²) in [7, 11) is 1.78. The number of nitrogens with zero attached hydrogens (tertiary/aromatic N) is 4. The van der Waals surface area contributed by atoms with Crippen LogP contribution in [0.15, 0.2) is 47.3 Å². The molecule has 2 aromatic carbocycles. The summed E-state index contributed by atoms with van der Waals surface area (Å²) in [6.45, 7) is 8.14. The van der Waals surface area contributed by atoms with Crippen LogP contribution in [0.3, 0.4) is 0 Å². The summed E-state index contributed by atoms with van der Waals surface area (Å²) in [4.78, 5) is 23.0. The first-order valence-electron chi connectivity index (χ1n) is 10.5. The van der Waals surface area contributed by atoms with E-state index >= 15 is 0 Å². The zero-order valence-corrected chi connectivity index (χ0v) is 18.4. The van der Waals surface area contributed by atoms with Crippen molar-refractivity contribution in [2.24, 2.45) is 5.73 Å². The van der Waals surface area contributed by atoms with Crippen LogP contribution in [0.1, 0.15) is 30.7 Å². The first kappa shape index (κ1) is 22.0. The fourth-order valence-corrected chi connectivity index (χ4v) is 3.93. The van der Waals surface area contributed by atoms with Gasteiger partial charge in [0.1, 0.15) is 16.7 Å². The Kier molecular flexibility index (Phi) is 6.26. The van der Waals surface area contributed by atoms with Crippen LogP contribution < -0.4 is 16.2 Å². The second-order valence-corrected chi connectivity index (χ2v) is 8.30. The maximum Gasteiger partial charge on any atom is 0.279 e. The largest absolute Gasteiger partial charge is 0.358 e. The average molecular weight is 452 g/mol. The molecule has 1 heterocycles. The monoisotopic (exact) mass is 451 g/mol. The topological polar surface area (TPSA) is 68.5 Å². The molecule has 0 radical (unpaired) electrons. The van der Waals surface area contributed by atoms with E-state index < -0.39 is 11.4 Å². The molecule has 2 N–H and O–H groups in total. The molecule has 3 aromatic rings. The van der Waals surface area contributed by atoms with Crippen LogP contribution >= 0.6 is 11.6 Å². The second kappa shape index (κ2) is 9.11. The van der Waals surface area contributed by atoms with Crippen LogP contribution in [0.2, 0.25) is 5.02 Å². The first-order chi connectivity index (χ1) is 15.4. The Morgan fingerprint density at radius 1 is 1.28 bits per heavy atom. The molecular formula is C24H23ClFN5O. The van der Waals surface area contributed by atoms with Crippen molar-refractivity contribution >= 4 is 23.1 Å². The highest BCUT2D eigenvalue weighted by Crippen LogP contribution is 2.40. The standard InChI is InChI=1S/C24H23ClFN5O/c1-28-20-11-8-17(14-19(20)26)22-29-23(30(2)13-3-12-27)21(25)24(32)31(22)18-9-6-16(7-10-18)15-4-5-15/h6-11,14-15H,3-5,12-13,27H2,2H3. The third-order valence-electron chi connectivity index (χ3n) is 5.60. The van der Waals surface area contributed by atoms with E-state index in [1.165, 1.54) is 35.1 Å². The van der Waals surface area contributed by atoms with Crippen LogP contribution in [-0.2, 0) is 0 Å². The van der Waals surface area contributed by atoms with Crippen LogP contribution in [0, 0.1) is 12.4 Å². The van der Waals surface area contributed by atoms with Gasteiger partial charge in [0, 0.05) is 19.2 Å². The molecule has 0 bridgehead atoms. The number of aromatic nitrogens is 2. The van der Waals surface area contributed by atoms with Crippen LogP contribution in [-0.4, -0.2) is 29.7 Å². The van der Waals surface area contributed by atoms with E-state index in [4.69, 9.17) is 23.9 Å². The van der Waals surface area contributed by atoms with Gasteiger partial charge in [-0.1, -0.05) is 35.9 Å². The smallest absolute Gasteiger partial charge is 0.279 e. The normalized spacial score (nSPS) is 13.1. The van der Waals surface area contributed by atoms with Gasteiger partial charge < -0.3 is 10.6 Å². The molecule has 1 fully saturated rings. The number of hydrogen-bond donors (Lipinski definition) is 1. The van der Waals surface area contributed by atoms with Crippen molar-refractivity contribution in [2.45, 2.75) is 25.2 Å². The Labute approximate surface area is 190 Å². The van der Waals surface area contributed by atoms with E-state index in [2.05, 4.69) is 9.83 Å². The lowest BCUT2D eigenvalue weighted by Crippen LogP contribution is -2.29. The first-order valence-corrected chi connectivity index (χ1v) is 10.8. The molecule has 1 saturated carbocycles. The molecule has 6 nitrogen and oxygen atoms in total. The molecule has 32 heavy (non-hydrogen) atoms. The molecule has 0 unspecified atom stereocenters. The highest BCUT2D eigenvalue weighted by atomic mass is 35.5. The number of halogens is 2. The summed E-state index contributed by atoms with van der Waals surface area (Å²) in [6.07, 6.45) is 3.05. The summed E-state index contributed by atoms with van der Waals surface area (Å²) >= 11 is 6.47. The van der Waals surface area contributed by atoms with Crippen molar-refractivity contribution < 1.29 is 4.39 Å². The zero-order valence-electron chi connectivity index (χ0n) is 17.7. The van der Waals surface area contributed by atoms with Gasteiger partial charge in [-0.15, -0.1) is 0 Å². The average Bonchev–Trinajstić information content (AvgIpc) is 3.64. The maximum absolute atomic E-state index is 14.4. The van der Waals surface area contributed by atoms with Crippen LogP contribution in [0.5, 0.6) is 0 Å². The molecule has 0 saturated heterocycles. The third kappa shape index (κ3) is 4.24. The van der Waals surface area contributed by atoms with Crippen LogP contribution in [0.4, 0.5) is 15.9 Å². The molecule has 0 amide bonds. The number of hydrogen-bond acceptors (Lipinski definition) is 4. The summed E-state index contributed by atoms with van der Waals surface area (Å²) in [5, 5.41) is -0.0159. The lowest BCUT2D eigenvalue weighted by Gasteiger charge is -2.22. The van der Waals surface area contributed by atoms with Gasteiger partial charge in [-0.25, -0.2) is 14.2 Å². The van der Waals surface area contributed by atoms with E-state index in [1.807, 2.05) is 24.3 Å². The van der Waals surface area contributed by atoms with Gasteiger partial charge in [0.25, 0.3) is 5.56 Å². The molecule has 0 aliphatic heterocycles. The molecule has 4 rings (SSSR count). The molecule has 0 atom stereocenters. The quantitative estimate of drug-likeness (QED) is 0.518. The van der Waals surface area contributed by atoms with E-state index in [0.29, 0.717) is 42.5 Å². The maximum atomic E-state index is 14.4. The predicted octanol–water partition coefficient (Wildman–Crippen LogP) is 4.91. The number of anilines is 1. The fraction of sp³-hybridized carbons (Fsp3) is 0.292. The van der Waals surface area contributed by atoms with Gasteiger partial charge in [-0.05, 0) is 55.5 Å². The van der Waals surface area contributed by atoms with Crippen molar-refractivity contribution in [3.63, 3.8) is 0 Å². The molecule has 8 heteroatoms. The molecule has 1 aliphatic carbocycles. The second-order valence-electron chi connectivity index (χ2n) is 7.92. The molecule has 1 aliphatic rings. The Morgan fingerprint density at radius 3 is 2.59 bits per heavy atom. The van der Waals surface area contributed by atoms with Crippen LogP contribution in [0.25, 0.3) is 21.9 Å². The van der Waals surface area contributed by atoms with Gasteiger partial charge in [0.2, 0.25) is 5.69 Å². The summed E-state index contributed by atoms with van der Waals surface area (Å²) in [6, 6.07) is 11.9. The molecule has 164 valence electrons. The van der Waals surface area contributed by atoms with Crippen molar-refractivity contribution in [2.75, 3.05) is 25.0 Å². The predicted molar refractivity (Wildman–Crippen MR) is 125 cm³/mol. The van der Waals surface area contributed by atoms with E-state index in [0.717, 1.165) is 0 Å². The lowest BCUT2D eigenvalue weighted by molar-refractivity contribution is 0.634. The highest BCUT2D eigenvalue weighted by Gasteiger charge is 2.24. The lowest BCUT2D eigenvalue weighted by atomic mass is 10.1. The molecule has 0 spiro atoms. The van der Waals surface area contributed by atoms with Crippen molar-refractivity contribution in [3.8, 4) is 17.1 Å². The molecule has 1 aromatic heterocycles. The highest BCUT2D eigenvalue weighted by molar-refractivity contribution is 6.32. The Hall–Kier alpha value is -3.21. The third-order valence-corrected chi connectivity index (χ3v) is 5.93. The van der Waals surface area contributed by atoms with Crippen molar-refractivity contribution in [3.05, 3.63) is 80.6 Å².